The molecule has 2 aromatic rings. The van der Waals surface area contributed by atoms with Crippen molar-refractivity contribution in [2.75, 3.05) is 44.3 Å². The minimum atomic E-state index is 0.494. The largest absolute Gasteiger partial charge is 0.379 e. The minimum absolute atomic E-state index is 0.494. The molecule has 0 aromatic carbocycles. The Hall–Kier alpha value is -1.99. The van der Waals surface area contributed by atoms with Crippen LogP contribution in [0.15, 0.2) is 24.5 Å². The molecule has 0 atom stereocenters. The van der Waals surface area contributed by atoms with Gasteiger partial charge in [-0.1, -0.05) is 0 Å². The molecule has 0 spiro atoms. The highest BCUT2D eigenvalue weighted by atomic mass is 16.5. The van der Waals surface area contributed by atoms with E-state index in [1.165, 1.54) is 5.69 Å². The number of piperidine rings is 1. The molecule has 7 heteroatoms. The second-order valence-corrected chi connectivity index (χ2v) is 6.89. The van der Waals surface area contributed by atoms with Crippen molar-refractivity contribution in [2.45, 2.75) is 25.3 Å². The molecule has 0 amide bonds. The Morgan fingerprint density at radius 3 is 2.48 bits per heavy atom. The maximum atomic E-state index is 5.42. The normalized spacial score (nSPS) is 20.1. The van der Waals surface area contributed by atoms with Gasteiger partial charge in [0.15, 0.2) is 0 Å². The van der Waals surface area contributed by atoms with Crippen molar-refractivity contribution < 1.29 is 4.74 Å². The lowest BCUT2D eigenvalue weighted by Crippen LogP contribution is -2.36. The number of anilines is 1. The third-order valence-electron chi connectivity index (χ3n) is 5.36. The van der Waals surface area contributed by atoms with Crippen LogP contribution in [0.5, 0.6) is 0 Å². The van der Waals surface area contributed by atoms with E-state index in [2.05, 4.69) is 48.7 Å². The third kappa shape index (κ3) is 3.67. The van der Waals surface area contributed by atoms with Crippen LogP contribution in [0.1, 0.15) is 30.4 Å². The van der Waals surface area contributed by atoms with Gasteiger partial charge in [0.2, 0.25) is 0 Å². The summed E-state index contributed by atoms with van der Waals surface area (Å²) >= 11 is 0. The van der Waals surface area contributed by atoms with E-state index in [1.807, 2.05) is 12.4 Å². The van der Waals surface area contributed by atoms with Crippen molar-refractivity contribution in [1.82, 2.24) is 24.6 Å². The van der Waals surface area contributed by atoms with Crippen LogP contribution in [-0.2, 0) is 18.3 Å². The average molecular weight is 342 g/mol. The zero-order valence-electron chi connectivity index (χ0n) is 14.8. The first-order valence-corrected chi connectivity index (χ1v) is 9.14. The van der Waals surface area contributed by atoms with Crippen LogP contribution in [0.2, 0.25) is 0 Å². The van der Waals surface area contributed by atoms with Crippen molar-refractivity contribution in [3.05, 3.63) is 36.2 Å². The molecule has 2 saturated heterocycles. The molecule has 0 unspecified atom stereocenters. The molecule has 0 N–H and O–H groups in total. The van der Waals surface area contributed by atoms with Crippen LogP contribution in [0.4, 0.5) is 5.69 Å². The van der Waals surface area contributed by atoms with Gasteiger partial charge >= 0.3 is 0 Å². The van der Waals surface area contributed by atoms with E-state index < -0.39 is 0 Å². The molecule has 0 radical (unpaired) electrons. The van der Waals surface area contributed by atoms with E-state index in [-0.39, 0.29) is 0 Å². The van der Waals surface area contributed by atoms with Crippen LogP contribution in [0.25, 0.3) is 0 Å². The molecule has 134 valence electrons. The van der Waals surface area contributed by atoms with Crippen LogP contribution in [0, 0.1) is 0 Å². The van der Waals surface area contributed by atoms with Crippen LogP contribution in [0.3, 0.4) is 0 Å². The fraction of sp³-hybridized carbons (Fsp3) is 0.611. The number of hydrogen-bond donors (Lipinski definition) is 0. The molecular weight excluding hydrogens is 316 g/mol. The van der Waals surface area contributed by atoms with E-state index in [0.717, 1.165) is 70.4 Å². The van der Waals surface area contributed by atoms with Gasteiger partial charge in [-0.25, -0.2) is 0 Å². The fourth-order valence-electron chi connectivity index (χ4n) is 3.78. The van der Waals surface area contributed by atoms with Gasteiger partial charge in [0, 0.05) is 57.2 Å². The Balaban J connectivity index is 1.38. The number of hydrogen-bond acceptors (Lipinski definition) is 6. The SMILES string of the molecule is Cn1c(CN2CCOCC2)nnc1C1CCN(c2ccncc2)CC1. The monoisotopic (exact) mass is 342 g/mol. The van der Waals surface area contributed by atoms with Gasteiger partial charge in [0.25, 0.3) is 0 Å². The number of morpholine rings is 1. The van der Waals surface area contributed by atoms with Crippen molar-refractivity contribution in [3.8, 4) is 0 Å². The Morgan fingerprint density at radius 1 is 1.04 bits per heavy atom. The molecule has 2 aromatic heterocycles. The lowest BCUT2D eigenvalue weighted by Gasteiger charge is -2.33. The second kappa shape index (κ2) is 7.49. The summed E-state index contributed by atoms with van der Waals surface area (Å²) in [5.74, 6) is 2.69. The summed E-state index contributed by atoms with van der Waals surface area (Å²) in [7, 11) is 2.11. The summed E-state index contributed by atoms with van der Waals surface area (Å²) in [6.45, 7) is 6.57. The highest BCUT2D eigenvalue weighted by Gasteiger charge is 2.26. The number of ether oxygens (including phenoxy) is 1. The molecule has 25 heavy (non-hydrogen) atoms. The predicted molar refractivity (Wildman–Crippen MR) is 95.5 cm³/mol. The van der Waals surface area contributed by atoms with Gasteiger partial charge < -0.3 is 14.2 Å². The molecule has 4 heterocycles. The molecule has 0 bridgehead atoms. The Labute approximate surface area is 148 Å². The smallest absolute Gasteiger partial charge is 0.146 e. The molecule has 0 saturated carbocycles. The van der Waals surface area contributed by atoms with E-state index in [0.29, 0.717) is 5.92 Å². The zero-order valence-corrected chi connectivity index (χ0v) is 14.8. The van der Waals surface area contributed by atoms with Gasteiger partial charge in [0.05, 0.1) is 19.8 Å². The molecule has 2 fully saturated rings. The Kier molecular flexibility index (Phi) is 4.94. The first kappa shape index (κ1) is 16.5. The predicted octanol–water partition coefficient (Wildman–Crippen LogP) is 1.43. The fourth-order valence-corrected chi connectivity index (χ4v) is 3.78. The highest BCUT2D eigenvalue weighted by molar-refractivity contribution is 5.45. The van der Waals surface area contributed by atoms with E-state index in [4.69, 9.17) is 4.74 Å². The second-order valence-electron chi connectivity index (χ2n) is 6.89. The lowest BCUT2D eigenvalue weighted by atomic mass is 9.95. The number of rotatable bonds is 4. The zero-order chi connectivity index (χ0) is 17.1. The summed E-state index contributed by atoms with van der Waals surface area (Å²) in [5.41, 5.74) is 1.26. The summed E-state index contributed by atoms with van der Waals surface area (Å²) < 4.78 is 7.63. The minimum Gasteiger partial charge on any atom is -0.379 e. The summed E-state index contributed by atoms with van der Waals surface area (Å²) in [6.07, 6.45) is 5.96. The quantitative estimate of drug-likeness (QED) is 0.838. The summed E-state index contributed by atoms with van der Waals surface area (Å²) in [4.78, 5) is 8.93. The maximum Gasteiger partial charge on any atom is 0.146 e. The van der Waals surface area contributed by atoms with Gasteiger partial charge in [-0.3, -0.25) is 9.88 Å². The highest BCUT2D eigenvalue weighted by Crippen LogP contribution is 2.29. The molecular formula is C18H26N6O. The maximum absolute atomic E-state index is 5.42. The standard InChI is InChI=1S/C18H26N6O/c1-22-17(14-23-10-12-25-13-11-23)20-21-18(22)15-4-8-24(9-5-15)16-2-6-19-7-3-16/h2-3,6-7,15H,4-5,8-14H2,1H3. The third-order valence-corrected chi connectivity index (χ3v) is 5.36. The first-order chi connectivity index (χ1) is 12.3. The Bertz CT molecular complexity index is 674. The molecule has 2 aliphatic rings. The van der Waals surface area contributed by atoms with E-state index >= 15 is 0 Å². The van der Waals surface area contributed by atoms with Crippen molar-refractivity contribution >= 4 is 5.69 Å². The topological polar surface area (TPSA) is 59.3 Å². The first-order valence-electron chi connectivity index (χ1n) is 9.14. The van der Waals surface area contributed by atoms with Crippen LogP contribution in [-0.4, -0.2) is 64.0 Å². The van der Waals surface area contributed by atoms with E-state index in [9.17, 15) is 0 Å². The molecule has 2 aliphatic heterocycles. The molecule has 7 nitrogen and oxygen atoms in total. The molecule has 4 rings (SSSR count). The average Bonchev–Trinajstić information content (AvgIpc) is 3.04. The van der Waals surface area contributed by atoms with Gasteiger partial charge in [-0.2, -0.15) is 0 Å². The van der Waals surface area contributed by atoms with E-state index in [1.54, 1.807) is 0 Å². The van der Waals surface area contributed by atoms with Crippen LogP contribution < -0.4 is 4.90 Å². The van der Waals surface area contributed by atoms with Gasteiger partial charge in [-0.15, -0.1) is 10.2 Å². The number of aromatic nitrogens is 4. The lowest BCUT2D eigenvalue weighted by molar-refractivity contribution is 0.0326. The number of nitrogens with zero attached hydrogens (tertiary/aromatic N) is 6. The van der Waals surface area contributed by atoms with Gasteiger partial charge in [0.1, 0.15) is 11.6 Å². The van der Waals surface area contributed by atoms with Gasteiger partial charge in [-0.05, 0) is 25.0 Å². The van der Waals surface area contributed by atoms with Crippen molar-refractivity contribution in [1.29, 1.82) is 0 Å². The Morgan fingerprint density at radius 2 is 1.76 bits per heavy atom. The van der Waals surface area contributed by atoms with Crippen molar-refractivity contribution in [2.24, 2.45) is 7.05 Å². The summed E-state index contributed by atoms with van der Waals surface area (Å²) in [5, 5.41) is 9.00. The van der Waals surface area contributed by atoms with Crippen LogP contribution >= 0.6 is 0 Å². The number of pyridine rings is 1. The van der Waals surface area contributed by atoms with Crippen molar-refractivity contribution in [3.63, 3.8) is 0 Å². The molecule has 0 aliphatic carbocycles. The summed E-state index contributed by atoms with van der Waals surface area (Å²) in [6, 6.07) is 4.17.